The van der Waals surface area contributed by atoms with Gasteiger partial charge in [0.1, 0.15) is 6.29 Å². The normalized spacial score (nSPS) is 35.3. The molecular weight excluding hydrogens is 160 g/mol. The molecular formula is C8H14O4. The fourth-order valence-corrected chi connectivity index (χ4v) is 1.38. The van der Waals surface area contributed by atoms with E-state index in [-0.39, 0.29) is 18.5 Å². The second-order valence-electron chi connectivity index (χ2n) is 2.75. The van der Waals surface area contributed by atoms with Gasteiger partial charge in [-0.15, -0.1) is 0 Å². The summed E-state index contributed by atoms with van der Waals surface area (Å²) in [4.78, 5) is 10.2. The lowest BCUT2D eigenvalue weighted by atomic mass is 10.1. The molecule has 70 valence electrons. The van der Waals surface area contributed by atoms with E-state index in [2.05, 4.69) is 0 Å². The van der Waals surface area contributed by atoms with E-state index in [0.717, 1.165) is 6.29 Å². The highest BCUT2D eigenvalue weighted by Crippen LogP contribution is 2.24. The Kier molecular flexibility index (Phi) is 3.65. The van der Waals surface area contributed by atoms with Crippen molar-refractivity contribution in [1.82, 2.24) is 0 Å². The van der Waals surface area contributed by atoms with Crippen molar-refractivity contribution in [1.29, 1.82) is 0 Å². The van der Waals surface area contributed by atoms with Crippen molar-refractivity contribution in [2.45, 2.75) is 31.3 Å². The summed E-state index contributed by atoms with van der Waals surface area (Å²) in [5.41, 5.74) is 0. The molecule has 0 saturated carbocycles. The van der Waals surface area contributed by atoms with Crippen LogP contribution in [0.15, 0.2) is 0 Å². The Hall–Kier alpha value is -0.450. The van der Waals surface area contributed by atoms with Gasteiger partial charge in [-0.1, -0.05) is 0 Å². The van der Waals surface area contributed by atoms with Crippen LogP contribution in [0.25, 0.3) is 0 Å². The molecule has 0 aliphatic carbocycles. The smallest absolute Gasteiger partial charge is 0.160 e. The number of hydrogen-bond donors (Lipinski definition) is 0. The fraction of sp³-hybridized carbons (Fsp3) is 0.875. The summed E-state index contributed by atoms with van der Waals surface area (Å²) < 4.78 is 15.5. The van der Waals surface area contributed by atoms with Crippen LogP contribution in [0.2, 0.25) is 0 Å². The number of carbonyl (C=O) groups is 1. The van der Waals surface area contributed by atoms with Gasteiger partial charge in [-0.2, -0.15) is 0 Å². The van der Waals surface area contributed by atoms with Crippen LogP contribution >= 0.6 is 0 Å². The van der Waals surface area contributed by atoms with Gasteiger partial charge in [0.05, 0.1) is 12.2 Å². The highest BCUT2D eigenvalue weighted by molar-refractivity contribution is 5.50. The zero-order chi connectivity index (χ0) is 8.97. The molecule has 0 aromatic heterocycles. The third-order valence-corrected chi connectivity index (χ3v) is 2.06. The fourth-order valence-electron chi connectivity index (χ4n) is 1.38. The molecule has 0 N–H and O–H groups in total. The van der Waals surface area contributed by atoms with Crippen molar-refractivity contribution in [3.8, 4) is 0 Å². The quantitative estimate of drug-likeness (QED) is 0.577. The molecule has 0 radical (unpaired) electrons. The van der Waals surface area contributed by atoms with Crippen LogP contribution in [0.1, 0.15) is 12.8 Å². The van der Waals surface area contributed by atoms with E-state index in [9.17, 15) is 4.79 Å². The van der Waals surface area contributed by atoms with Crippen molar-refractivity contribution in [2.24, 2.45) is 0 Å². The molecule has 0 bridgehead atoms. The Morgan fingerprint density at radius 1 is 1.50 bits per heavy atom. The van der Waals surface area contributed by atoms with E-state index in [1.807, 2.05) is 0 Å². The summed E-state index contributed by atoms with van der Waals surface area (Å²) in [7, 11) is 3.20. The number of methoxy groups -OCH3 is 2. The molecule has 0 spiro atoms. The van der Waals surface area contributed by atoms with Crippen molar-refractivity contribution in [3.05, 3.63) is 0 Å². The molecule has 3 atom stereocenters. The Morgan fingerprint density at radius 3 is 2.75 bits per heavy atom. The van der Waals surface area contributed by atoms with Gasteiger partial charge < -0.3 is 19.0 Å². The van der Waals surface area contributed by atoms with Crippen LogP contribution in [0.5, 0.6) is 0 Å². The summed E-state index contributed by atoms with van der Waals surface area (Å²) in [5, 5.41) is 0. The average molecular weight is 174 g/mol. The molecule has 1 aliphatic heterocycles. The zero-order valence-corrected chi connectivity index (χ0v) is 7.36. The summed E-state index contributed by atoms with van der Waals surface area (Å²) in [6.07, 6.45) is 1.54. The molecule has 0 amide bonds. The van der Waals surface area contributed by atoms with Gasteiger partial charge in [0.2, 0.25) is 0 Å². The predicted molar refractivity (Wildman–Crippen MR) is 41.8 cm³/mol. The van der Waals surface area contributed by atoms with Crippen molar-refractivity contribution in [2.75, 3.05) is 14.2 Å². The van der Waals surface area contributed by atoms with Gasteiger partial charge in [0.25, 0.3) is 0 Å². The number of rotatable bonds is 4. The lowest BCUT2D eigenvalue weighted by molar-refractivity contribution is -0.128. The van der Waals surface area contributed by atoms with E-state index < -0.39 is 0 Å². The lowest BCUT2D eigenvalue weighted by Crippen LogP contribution is -2.23. The van der Waals surface area contributed by atoms with Crippen LogP contribution in [-0.4, -0.2) is 39.0 Å². The molecule has 0 aromatic rings. The second kappa shape index (κ2) is 4.54. The minimum absolute atomic E-state index is 0.0138. The van der Waals surface area contributed by atoms with Crippen LogP contribution < -0.4 is 0 Å². The number of aldehydes is 1. The first-order chi connectivity index (χ1) is 5.81. The van der Waals surface area contributed by atoms with E-state index in [1.165, 1.54) is 0 Å². The van der Waals surface area contributed by atoms with Crippen LogP contribution in [0, 0.1) is 0 Å². The van der Waals surface area contributed by atoms with Gasteiger partial charge in [-0.3, -0.25) is 0 Å². The topological polar surface area (TPSA) is 44.8 Å². The molecule has 4 heteroatoms. The molecule has 1 fully saturated rings. The highest BCUT2D eigenvalue weighted by atomic mass is 16.7. The first kappa shape index (κ1) is 9.64. The molecule has 0 aromatic carbocycles. The van der Waals surface area contributed by atoms with Crippen LogP contribution in [0.3, 0.4) is 0 Å². The van der Waals surface area contributed by atoms with Crippen LogP contribution in [-0.2, 0) is 19.0 Å². The molecule has 1 heterocycles. The van der Waals surface area contributed by atoms with Crippen molar-refractivity contribution < 1.29 is 19.0 Å². The van der Waals surface area contributed by atoms with Crippen molar-refractivity contribution >= 4 is 6.29 Å². The minimum Gasteiger partial charge on any atom is -0.379 e. The van der Waals surface area contributed by atoms with Gasteiger partial charge >= 0.3 is 0 Å². The maximum absolute atomic E-state index is 10.2. The SMILES string of the molecule is CO[C@H]1C[C@@H](OC)C(CC=O)O1. The first-order valence-corrected chi connectivity index (χ1v) is 3.96. The van der Waals surface area contributed by atoms with E-state index in [0.29, 0.717) is 12.8 Å². The average Bonchev–Trinajstić information content (AvgIpc) is 2.48. The maximum Gasteiger partial charge on any atom is 0.160 e. The van der Waals surface area contributed by atoms with Gasteiger partial charge in [-0.25, -0.2) is 0 Å². The largest absolute Gasteiger partial charge is 0.379 e. The number of hydrogen-bond acceptors (Lipinski definition) is 4. The summed E-state index contributed by atoms with van der Waals surface area (Å²) >= 11 is 0. The first-order valence-electron chi connectivity index (χ1n) is 3.96. The highest BCUT2D eigenvalue weighted by Gasteiger charge is 2.34. The molecule has 1 aliphatic rings. The molecule has 4 nitrogen and oxygen atoms in total. The van der Waals surface area contributed by atoms with E-state index in [1.54, 1.807) is 14.2 Å². The minimum atomic E-state index is -0.222. The molecule has 1 rings (SSSR count). The third kappa shape index (κ3) is 2.03. The molecule has 1 saturated heterocycles. The monoisotopic (exact) mass is 174 g/mol. The van der Waals surface area contributed by atoms with Crippen molar-refractivity contribution in [3.63, 3.8) is 0 Å². The number of carbonyl (C=O) groups excluding carboxylic acids is 1. The summed E-state index contributed by atoms with van der Waals surface area (Å²) in [6, 6.07) is 0. The maximum atomic E-state index is 10.2. The third-order valence-electron chi connectivity index (χ3n) is 2.06. The van der Waals surface area contributed by atoms with Gasteiger partial charge in [0, 0.05) is 27.1 Å². The predicted octanol–water partition coefficient (Wildman–Crippen LogP) is 0.352. The van der Waals surface area contributed by atoms with Gasteiger partial charge in [0.15, 0.2) is 6.29 Å². The molecule has 1 unspecified atom stereocenters. The van der Waals surface area contributed by atoms with E-state index >= 15 is 0 Å². The Balaban J connectivity index is 2.44. The Labute approximate surface area is 71.8 Å². The lowest BCUT2D eigenvalue weighted by Gasteiger charge is -2.13. The summed E-state index contributed by atoms with van der Waals surface area (Å²) in [6.45, 7) is 0. The Morgan fingerprint density at radius 2 is 2.25 bits per heavy atom. The zero-order valence-electron chi connectivity index (χ0n) is 7.36. The standard InChI is InChI=1S/C8H14O4/c1-10-7-5-8(11-2)12-6(7)3-4-9/h4,6-8H,3,5H2,1-2H3/t6?,7-,8-/m1/s1. The number of ether oxygens (including phenoxy) is 3. The van der Waals surface area contributed by atoms with Gasteiger partial charge in [-0.05, 0) is 0 Å². The second-order valence-corrected chi connectivity index (χ2v) is 2.75. The Bertz CT molecular complexity index is 148. The molecule has 12 heavy (non-hydrogen) atoms. The van der Waals surface area contributed by atoms with E-state index in [4.69, 9.17) is 14.2 Å². The summed E-state index contributed by atoms with van der Waals surface area (Å²) in [5.74, 6) is 0. The van der Waals surface area contributed by atoms with Crippen LogP contribution in [0.4, 0.5) is 0 Å².